The van der Waals surface area contributed by atoms with Crippen LogP contribution in [0, 0.1) is 11.6 Å². The van der Waals surface area contributed by atoms with Gasteiger partial charge in [-0.3, -0.25) is 0 Å². The molecule has 0 radical (unpaired) electrons. The number of thioether (sulfide) groups is 1. The summed E-state index contributed by atoms with van der Waals surface area (Å²) in [5, 5.41) is 11.8. The number of methoxy groups -OCH3 is 1. The molecule has 2 atom stereocenters. The van der Waals surface area contributed by atoms with E-state index in [1.807, 2.05) is 11.8 Å². The number of hydrogen-bond donors (Lipinski definition) is 1. The Morgan fingerprint density at radius 2 is 1.80 bits per heavy atom. The van der Waals surface area contributed by atoms with Crippen LogP contribution >= 0.6 is 11.8 Å². The molecule has 2 unspecified atom stereocenters. The van der Waals surface area contributed by atoms with Gasteiger partial charge in [-0.1, -0.05) is 6.42 Å². The molecule has 2 heterocycles. The molecule has 0 aromatic heterocycles. The van der Waals surface area contributed by atoms with Crippen molar-refractivity contribution in [1.29, 1.82) is 0 Å². The first kappa shape index (κ1) is 14.1. The molecule has 0 saturated carbocycles. The van der Waals surface area contributed by atoms with Gasteiger partial charge in [-0.15, -0.1) is 0 Å². The van der Waals surface area contributed by atoms with Crippen molar-refractivity contribution in [3.8, 4) is 5.75 Å². The number of hydrogen-bond acceptors (Lipinski definition) is 3. The smallest absolute Gasteiger partial charge is 0.162 e. The van der Waals surface area contributed by atoms with Crippen LogP contribution in [0.2, 0.25) is 0 Å². The van der Waals surface area contributed by atoms with E-state index < -0.39 is 17.2 Å². The first-order chi connectivity index (χ1) is 9.51. The average Bonchev–Trinajstić information content (AvgIpc) is 2.40. The van der Waals surface area contributed by atoms with Crippen molar-refractivity contribution >= 4 is 11.8 Å². The minimum atomic E-state index is -1.11. The van der Waals surface area contributed by atoms with Crippen LogP contribution in [0.25, 0.3) is 0 Å². The highest BCUT2D eigenvalue weighted by Gasteiger charge is 2.44. The molecule has 1 aromatic carbocycles. The molecule has 2 aliphatic rings. The molecular formula is C15H18F2O2S. The minimum Gasteiger partial charge on any atom is -0.496 e. The topological polar surface area (TPSA) is 29.5 Å². The van der Waals surface area contributed by atoms with Crippen LogP contribution in [0.1, 0.15) is 37.7 Å². The van der Waals surface area contributed by atoms with E-state index in [2.05, 4.69) is 0 Å². The molecule has 2 aliphatic heterocycles. The van der Waals surface area contributed by atoms with Gasteiger partial charge in [0, 0.05) is 22.1 Å². The molecule has 110 valence electrons. The number of fused-ring (bicyclic) bond motifs is 2. The molecule has 0 aliphatic carbocycles. The lowest BCUT2D eigenvalue weighted by Crippen LogP contribution is -2.41. The molecular weight excluding hydrogens is 282 g/mol. The van der Waals surface area contributed by atoms with Crippen LogP contribution in [0.5, 0.6) is 5.75 Å². The van der Waals surface area contributed by atoms with Crippen molar-refractivity contribution in [3.05, 3.63) is 29.3 Å². The Bertz CT molecular complexity index is 509. The summed E-state index contributed by atoms with van der Waals surface area (Å²) < 4.78 is 32.0. The van der Waals surface area contributed by atoms with Crippen LogP contribution in [0.15, 0.2) is 12.1 Å². The molecule has 2 saturated heterocycles. The number of aliphatic hydroxyl groups is 1. The first-order valence-electron chi connectivity index (χ1n) is 6.93. The summed E-state index contributed by atoms with van der Waals surface area (Å²) in [6.45, 7) is 0. The molecule has 0 spiro atoms. The zero-order valence-electron chi connectivity index (χ0n) is 11.4. The average molecular weight is 300 g/mol. The van der Waals surface area contributed by atoms with Gasteiger partial charge < -0.3 is 9.84 Å². The second-order valence-electron chi connectivity index (χ2n) is 5.72. The van der Waals surface area contributed by atoms with Crippen molar-refractivity contribution in [2.24, 2.45) is 0 Å². The van der Waals surface area contributed by atoms with Crippen LogP contribution in [-0.2, 0) is 5.60 Å². The Hall–Kier alpha value is -0.810. The number of halogens is 2. The van der Waals surface area contributed by atoms with E-state index in [0.29, 0.717) is 28.9 Å². The largest absolute Gasteiger partial charge is 0.496 e. The lowest BCUT2D eigenvalue weighted by molar-refractivity contribution is 0.00569. The summed E-state index contributed by atoms with van der Waals surface area (Å²) in [6, 6.07) is 2.13. The lowest BCUT2D eigenvalue weighted by atomic mass is 9.80. The molecule has 2 fully saturated rings. The second-order valence-corrected chi connectivity index (χ2v) is 7.32. The summed E-state index contributed by atoms with van der Waals surface area (Å²) in [7, 11) is 1.41. The minimum absolute atomic E-state index is 0.233. The molecule has 3 rings (SSSR count). The molecule has 0 amide bonds. The zero-order chi connectivity index (χ0) is 14.3. The van der Waals surface area contributed by atoms with Gasteiger partial charge in [0.05, 0.1) is 12.7 Å². The van der Waals surface area contributed by atoms with Crippen molar-refractivity contribution in [2.45, 2.75) is 48.2 Å². The van der Waals surface area contributed by atoms with Gasteiger partial charge in [0.1, 0.15) is 5.75 Å². The van der Waals surface area contributed by atoms with Gasteiger partial charge in [-0.05, 0) is 31.7 Å². The van der Waals surface area contributed by atoms with Gasteiger partial charge in [-0.2, -0.15) is 11.8 Å². The fraction of sp³-hybridized carbons (Fsp3) is 0.600. The van der Waals surface area contributed by atoms with E-state index in [1.54, 1.807) is 0 Å². The SMILES string of the molecule is COc1cc(F)c(F)cc1C1(O)CC2CCCC(C1)S2. The van der Waals surface area contributed by atoms with E-state index in [4.69, 9.17) is 4.74 Å². The summed E-state index contributed by atoms with van der Waals surface area (Å²) in [5.74, 6) is -1.64. The molecule has 1 N–H and O–H groups in total. The van der Waals surface area contributed by atoms with Crippen molar-refractivity contribution in [2.75, 3.05) is 7.11 Å². The van der Waals surface area contributed by atoms with Crippen molar-refractivity contribution in [3.63, 3.8) is 0 Å². The van der Waals surface area contributed by atoms with Crippen LogP contribution in [0.3, 0.4) is 0 Å². The first-order valence-corrected chi connectivity index (χ1v) is 7.87. The maximum absolute atomic E-state index is 13.6. The van der Waals surface area contributed by atoms with Crippen LogP contribution in [0.4, 0.5) is 8.78 Å². The predicted octanol–water partition coefficient (Wildman–Crippen LogP) is 3.61. The molecule has 2 bridgehead atoms. The highest BCUT2D eigenvalue weighted by atomic mass is 32.2. The summed E-state index contributed by atoms with van der Waals surface area (Å²) in [4.78, 5) is 0. The van der Waals surface area contributed by atoms with Gasteiger partial charge >= 0.3 is 0 Å². The summed E-state index contributed by atoms with van der Waals surface area (Å²) >= 11 is 1.92. The molecule has 20 heavy (non-hydrogen) atoms. The fourth-order valence-electron chi connectivity index (χ4n) is 3.40. The standard InChI is InChI=1S/C15H18F2O2S/c1-19-14-6-13(17)12(16)5-11(14)15(18)7-9-3-2-4-10(8-15)20-9/h5-6,9-10,18H,2-4,7-8H2,1H3. The third-order valence-electron chi connectivity index (χ3n) is 4.31. The number of rotatable bonds is 2. The van der Waals surface area contributed by atoms with Crippen molar-refractivity contribution in [1.82, 2.24) is 0 Å². The van der Waals surface area contributed by atoms with E-state index in [-0.39, 0.29) is 5.75 Å². The number of ether oxygens (including phenoxy) is 1. The maximum Gasteiger partial charge on any atom is 0.162 e. The zero-order valence-corrected chi connectivity index (χ0v) is 12.2. The quantitative estimate of drug-likeness (QED) is 0.905. The van der Waals surface area contributed by atoms with Gasteiger partial charge in [0.25, 0.3) is 0 Å². The monoisotopic (exact) mass is 300 g/mol. The van der Waals surface area contributed by atoms with E-state index in [1.165, 1.54) is 13.5 Å². The van der Waals surface area contributed by atoms with Crippen LogP contribution in [-0.4, -0.2) is 22.7 Å². The summed E-state index contributed by atoms with van der Waals surface area (Å²) in [5.41, 5.74) is -0.725. The molecule has 2 nitrogen and oxygen atoms in total. The fourth-order valence-corrected chi connectivity index (χ4v) is 5.29. The van der Waals surface area contributed by atoms with E-state index in [0.717, 1.165) is 25.0 Å². The van der Waals surface area contributed by atoms with E-state index in [9.17, 15) is 13.9 Å². The number of benzene rings is 1. The Morgan fingerprint density at radius 3 is 2.40 bits per heavy atom. The van der Waals surface area contributed by atoms with Gasteiger partial charge in [0.2, 0.25) is 0 Å². The highest BCUT2D eigenvalue weighted by Crippen LogP contribution is 2.51. The Morgan fingerprint density at radius 1 is 1.20 bits per heavy atom. The Labute approximate surface area is 121 Å². The lowest BCUT2D eigenvalue weighted by Gasteiger charge is -2.44. The van der Waals surface area contributed by atoms with Crippen molar-refractivity contribution < 1.29 is 18.6 Å². The summed E-state index contributed by atoms with van der Waals surface area (Å²) in [6.07, 6.45) is 4.50. The Kier molecular flexibility index (Phi) is 3.67. The third kappa shape index (κ3) is 2.42. The van der Waals surface area contributed by atoms with Crippen LogP contribution < -0.4 is 4.74 Å². The molecule has 5 heteroatoms. The second kappa shape index (κ2) is 5.19. The molecule has 1 aromatic rings. The highest BCUT2D eigenvalue weighted by molar-refractivity contribution is 8.00. The van der Waals surface area contributed by atoms with Gasteiger partial charge in [-0.25, -0.2) is 8.78 Å². The predicted molar refractivity (Wildman–Crippen MR) is 75.1 cm³/mol. The Balaban J connectivity index is 2.00. The van der Waals surface area contributed by atoms with Gasteiger partial charge in [0.15, 0.2) is 11.6 Å². The normalized spacial score (nSPS) is 33.0. The third-order valence-corrected chi connectivity index (χ3v) is 5.89. The van der Waals surface area contributed by atoms with E-state index >= 15 is 0 Å². The maximum atomic E-state index is 13.6.